The van der Waals surface area contributed by atoms with Gasteiger partial charge in [0.05, 0.1) is 19.4 Å². The number of furan rings is 1. The quantitative estimate of drug-likeness (QED) is 0.848. The molecule has 0 bridgehead atoms. The Kier molecular flexibility index (Phi) is 4.20. The molecular formula is C16H22N4O. The molecule has 0 spiro atoms. The minimum Gasteiger partial charge on any atom is -0.468 e. The molecule has 5 nitrogen and oxygen atoms in total. The third kappa shape index (κ3) is 3.82. The first kappa shape index (κ1) is 14.1. The molecule has 0 radical (unpaired) electrons. The zero-order valence-electron chi connectivity index (χ0n) is 12.7. The Bertz CT molecular complexity index is 578. The highest BCUT2D eigenvalue weighted by Gasteiger charge is 2.30. The van der Waals surface area contributed by atoms with E-state index in [-0.39, 0.29) is 0 Å². The molecule has 21 heavy (non-hydrogen) atoms. The lowest BCUT2D eigenvalue weighted by atomic mass is 10.3. The van der Waals surface area contributed by atoms with Crippen LogP contribution >= 0.6 is 0 Å². The normalized spacial score (nSPS) is 14.6. The zero-order chi connectivity index (χ0) is 14.7. The van der Waals surface area contributed by atoms with Crippen molar-refractivity contribution in [3.8, 4) is 0 Å². The summed E-state index contributed by atoms with van der Waals surface area (Å²) in [7, 11) is 0. The van der Waals surface area contributed by atoms with E-state index in [1.165, 1.54) is 12.8 Å². The second-order valence-electron chi connectivity index (χ2n) is 5.56. The monoisotopic (exact) mass is 286 g/mol. The van der Waals surface area contributed by atoms with E-state index in [1.807, 2.05) is 25.1 Å². The van der Waals surface area contributed by atoms with Crippen LogP contribution in [0.15, 0.2) is 28.9 Å². The van der Waals surface area contributed by atoms with Crippen LogP contribution in [0.25, 0.3) is 0 Å². The molecule has 0 aliphatic heterocycles. The number of aromatic nitrogens is 2. The Morgan fingerprint density at radius 3 is 2.86 bits per heavy atom. The summed E-state index contributed by atoms with van der Waals surface area (Å²) in [5.41, 5.74) is 1.00. The molecule has 3 rings (SSSR count). The van der Waals surface area contributed by atoms with Gasteiger partial charge in [-0.15, -0.1) is 0 Å². The van der Waals surface area contributed by atoms with Gasteiger partial charge in [-0.25, -0.2) is 9.97 Å². The fourth-order valence-electron chi connectivity index (χ4n) is 2.51. The summed E-state index contributed by atoms with van der Waals surface area (Å²) in [4.78, 5) is 11.6. The Morgan fingerprint density at radius 1 is 1.33 bits per heavy atom. The SMILES string of the molecule is CCNc1cc(C)nc(CN(Cc2ccco2)C2CC2)n1. The van der Waals surface area contributed by atoms with Crippen molar-refractivity contribution < 1.29 is 4.42 Å². The van der Waals surface area contributed by atoms with Crippen molar-refractivity contribution in [3.63, 3.8) is 0 Å². The molecule has 1 aliphatic rings. The molecule has 2 heterocycles. The minimum atomic E-state index is 0.641. The van der Waals surface area contributed by atoms with E-state index in [9.17, 15) is 0 Å². The zero-order valence-corrected chi connectivity index (χ0v) is 12.7. The maximum atomic E-state index is 5.47. The molecule has 0 atom stereocenters. The average Bonchev–Trinajstić information content (AvgIpc) is 3.16. The number of nitrogens with one attached hydrogen (secondary N) is 1. The Morgan fingerprint density at radius 2 is 2.19 bits per heavy atom. The van der Waals surface area contributed by atoms with Gasteiger partial charge in [0.25, 0.3) is 0 Å². The van der Waals surface area contributed by atoms with Crippen molar-refractivity contribution in [1.82, 2.24) is 14.9 Å². The summed E-state index contributed by atoms with van der Waals surface area (Å²) < 4.78 is 5.47. The van der Waals surface area contributed by atoms with Gasteiger partial charge in [0.2, 0.25) is 0 Å². The van der Waals surface area contributed by atoms with Crippen LogP contribution in [0.1, 0.15) is 37.0 Å². The predicted octanol–water partition coefficient (Wildman–Crippen LogP) is 2.97. The predicted molar refractivity (Wildman–Crippen MR) is 81.9 cm³/mol. The first-order valence-electron chi connectivity index (χ1n) is 7.59. The lowest BCUT2D eigenvalue weighted by Gasteiger charge is -2.20. The van der Waals surface area contributed by atoms with E-state index in [2.05, 4.69) is 27.1 Å². The van der Waals surface area contributed by atoms with Crippen molar-refractivity contribution in [2.24, 2.45) is 0 Å². The lowest BCUT2D eigenvalue weighted by Crippen LogP contribution is -2.26. The molecule has 1 aliphatic carbocycles. The van der Waals surface area contributed by atoms with Crippen LogP contribution in [0.4, 0.5) is 5.82 Å². The van der Waals surface area contributed by atoms with E-state index in [0.29, 0.717) is 6.04 Å². The first-order valence-corrected chi connectivity index (χ1v) is 7.59. The molecule has 5 heteroatoms. The lowest BCUT2D eigenvalue weighted by molar-refractivity contribution is 0.220. The molecule has 0 unspecified atom stereocenters. The van der Waals surface area contributed by atoms with E-state index < -0.39 is 0 Å². The van der Waals surface area contributed by atoms with Crippen LogP contribution in [0.2, 0.25) is 0 Å². The van der Waals surface area contributed by atoms with Crippen LogP contribution < -0.4 is 5.32 Å². The third-order valence-electron chi connectivity index (χ3n) is 3.61. The van der Waals surface area contributed by atoms with E-state index >= 15 is 0 Å². The van der Waals surface area contributed by atoms with Crippen molar-refractivity contribution in [2.75, 3.05) is 11.9 Å². The number of aryl methyl sites for hydroxylation is 1. The average molecular weight is 286 g/mol. The summed E-state index contributed by atoms with van der Waals surface area (Å²) in [5.74, 6) is 2.79. The van der Waals surface area contributed by atoms with Crippen LogP contribution in [-0.4, -0.2) is 27.5 Å². The molecule has 2 aromatic heterocycles. The second kappa shape index (κ2) is 6.26. The maximum Gasteiger partial charge on any atom is 0.144 e. The number of hydrogen-bond donors (Lipinski definition) is 1. The van der Waals surface area contributed by atoms with Crippen LogP contribution in [-0.2, 0) is 13.1 Å². The Labute approximate surface area is 125 Å². The van der Waals surface area contributed by atoms with Gasteiger partial charge in [0.15, 0.2) is 0 Å². The fourth-order valence-corrected chi connectivity index (χ4v) is 2.51. The largest absolute Gasteiger partial charge is 0.468 e. The first-order chi connectivity index (χ1) is 10.2. The summed E-state index contributed by atoms with van der Waals surface area (Å²) in [6.07, 6.45) is 4.24. The molecule has 1 saturated carbocycles. The molecule has 1 fully saturated rings. The smallest absolute Gasteiger partial charge is 0.144 e. The maximum absolute atomic E-state index is 5.47. The second-order valence-corrected chi connectivity index (χ2v) is 5.56. The summed E-state index contributed by atoms with van der Waals surface area (Å²) in [5, 5.41) is 3.26. The van der Waals surface area contributed by atoms with Crippen molar-refractivity contribution in [1.29, 1.82) is 0 Å². The van der Waals surface area contributed by atoms with Crippen molar-refractivity contribution in [2.45, 2.75) is 45.8 Å². The van der Waals surface area contributed by atoms with Crippen LogP contribution in [0.5, 0.6) is 0 Å². The van der Waals surface area contributed by atoms with E-state index in [0.717, 1.165) is 42.7 Å². The Hall–Kier alpha value is -1.88. The fraction of sp³-hybridized carbons (Fsp3) is 0.500. The molecule has 0 aromatic carbocycles. The van der Waals surface area contributed by atoms with Gasteiger partial charge in [-0.3, -0.25) is 4.90 Å². The number of rotatable bonds is 7. The van der Waals surface area contributed by atoms with Gasteiger partial charge in [-0.2, -0.15) is 0 Å². The van der Waals surface area contributed by atoms with Gasteiger partial charge in [0.1, 0.15) is 17.4 Å². The number of anilines is 1. The van der Waals surface area contributed by atoms with Crippen molar-refractivity contribution >= 4 is 5.82 Å². The summed E-state index contributed by atoms with van der Waals surface area (Å²) in [6, 6.07) is 6.59. The van der Waals surface area contributed by atoms with Gasteiger partial charge in [-0.1, -0.05) is 0 Å². The molecular weight excluding hydrogens is 264 g/mol. The molecule has 112 valence electrons. The van der Waals surface area contributed by atoms with E-state index in [1.54, 1.807) is 6.26 Å². The van der Waals surface area contributed by atoms with Crippen LogP contribution in [0.3, 0.4) is 0 Å². The minimum absolute atomic E-state index is 0.641. The Balaban J connectivity index is 1.73. The molecule has 1 N–H and O–H groups in total. The van der Waals surface area contributed by atoms with Crippen molar-refractivity contribution in [3.05, 3.63) is 41.7 Å². The summed E-state index contributed by atoms with van der Waals surface area (Å²) in [6.45, 7) is 6.55. The van der Waals surface area contributed by atoms with Gasteiger partial charge in [0, 0.05) is 24.3 Å². The van der Waals surface area contributed by atoms with Gasteiger partial charge in [-0.05, 0) is 38.8 Å². The summed E-state index contributed by atoms with van der Waals surface area (Å²) >= 11 is 0. The van der Waals surface area contributed by atoms with Gasteiger partial charge >= 0.3 is 0 Å². The highest BCUT2D eigenvalue weighted by Crippen LogP contribution is 2.29. The highest BCUT2D eigenvalue weighted by molar-refractivity contribution is 5.35. The number of hydrogen-bond acceptors (Lipinski definition) is 5. The molecule has 0 amide bonds. The molecule has 2 aromatic rings. The standard InChI is InChI=1S/C16H22N4O/c1-3-17-15-9-12(2)18-16(19-15)11-20(13-6-7-13)10-14-5-4-8-21-14/h4-5,8-9,13H,3,6-7,10-11H2,1-2H3,(H,17,18,19). The third-order valence-corrected chi connectivity index (χ3v) is 3.61. The van der Waals surface area contributed by atoms with Gasteiger partial charge < -0.3 is 9.73 Å². The van der Waals surface area contributed by atoms with E-state index in [4.69, 9.17) is 4.42 Å². The molecule has 0 saturated heterocycles. The topological polar surface area (TPSA) is 54.2 Å². The number of nitrogens with zero attached hydrogens (tertiary/aromatic N) is 3. The van der Waals surface area contributed by atoms with Crippen LogP contribution in [0, 0.1) is 6.92 Å². The highest BCUT2D eigenvalue weighted by atomic mass is 16.3.